The molecule has 1 aliphatic heterocycles. The molecule has 1 N–H and O–H groups in total. The Bertz CT molecular complexity index is 468. The fraction of sp³-hybridized carbons (Fsp3) is 0.625. The minimum absolute atomic E-state index is 0.120. The number of carboxylic acid groups (broad SMARTS) is 1. The topological polar surface area (TPSA) is 53.4 Å². The predicted molar refractivity (Wildman–Crippen MR) is 78.2 cm³/mol. The molecule has 2 fully saturated rings. The number of aromatic nitrogens is 1. The Kier molecular flexibility index (Phi) is 3.64. The highest BCUT2D eigenvalue weighted by Crippen LogP contribution is 2.45. The lowest BCUT2D eigenvalue weighted by molar-refractivity contribution is 0.0690. The normalized spacial score (nSPS) is 21.9. The van der Waals surface area contributed by atoms with Crippen LogP contribution in [0.5, 0.6) is 0 Å². The summed E-state index contributed by atoms with van der Waals surface area (Å²) >= 11 is 0. The van der Waals surface area contributed by atoms with Gasteiger partial charge in [-0.05, 0) is 43.2 Å². The van der Waals surface area contributed by atoms with Crippen molar-refractivity contribution in [2.75, 3.05) is 18.0 Å². The SMILES string of the molecule is O=C(O)c1ccc(N2CCC3(CCCCC3)CC2)cn1. The molecule has 20 heavy (non-hydrogen) atoms. The Morgan fingerprint density at radius 2 is 1.80 bits per heavy atom. The third-order valence-electron chi connectivity index (χ3n) is 5.07. The zero-order chi connectivity index (χ0) is 14.0. The van der Waals surface area contributed by atoms with E-state index in [9.17, 15) is 4.79 Å². The average molecular weight is 274 g/mol. The third-order valence-corrected chi connectivity index (χ3v) is 5.07. The van der Waals surface area contributed by atoms with Gasteiger partial charge in [0.2, 0.25) is 0 Å². The Hall–Kier alpha value is -1.58. The van der Waals surface area contributed by atoms with Crippen LogP contribution in [0.15, 0.2) is 18.3 Å². The molecular weight excluding hydrogens is 252 g/mol. The maximum atomic E-state index is 10.8. The van der Waals surface area contributed by atoms with Crippen LogP contribution in [0.1, 0.15) is 55.4 Å². The first-order valence-corrected chi connectivity index (χ1v) is 7.63. The lowest BCUT2D eigenvalue weighted by Crippen LogP contribution is -2.41. The van der Waals surface area contributed by atoms with E-state index in [1.807, 2.05) is 6.07 Å². The Balaban J connectivity index is 1.64. The minimum Gasteiger partial charge on any atom is -0.477 e. The molecule has 0 atom stereocenters. The van der Waals surface area contributed by atoms with Gasteiger partial charge in [-0.1, -0.05) is 19.3 Å². The van der Waals surface area contributed by atoms with Crippen molar-refractivity contribution in [3.05, 3.63) is 24.0 Å². The number of nitrogens with zero attached hydrogens (tertiary/aromatic N) is 2. The lowest BCUT2D eigenvalue weighted by atomic mass is 9.68. The van der Waals surface area contributed by atoms with E-state index in [1.165, 1.54) is 44.9 Å². The second kappa shape index (κ2) is 5.43. The van der Waals surface area contributed by atoms with Gasteiger partial charge in [0.25, 0.3) is 0 Å². The maximum Gasteiger partial charge on any atom is 0.354 e. The van der Waals surface area contributed by atoms with Gasteiger partial charge in [-0.15, -0.1) is 0 Å². The number of hydrogen-bond donors (Lipinski definition) is 1. The molecule has 1 aromatic rings. The Morgan fingerprint density at radius 1 is 1.10 bits per heavy atom. The van der Waals surface area contributed by atoms with Gasteiger partial charge in [-0.3, -0.25) is 0 Å². The van der Waals surface area contributed by atoms with Gasteiger partial charge < -0.3 is 10.0 Å². The van der Waals surface area contributed by atoms with Crippen LogP contribution in [0, 0.1) is 5.41 Å². The van der Waals surface area contributed by atoms with E-state index in [4.69, 9.17) is 5.11 Å². The van der Waals surface area contributed by atoms with Crippen LogP contribution in [0.2, 0.25) is 0 Å². The first kappa shape index (κ1) is 13.4. The first-order chi connectivity index (χ1) is 9.69. The van der Waals surface area contributed by atoms with Crippen molar-refractivity contribution in [2.24, 2.45) is 5.41 Å². The van der Waals surface area contributed by atoms with Gasteiger partial charge in [0, 0.05) is 13.1 Å². The number of anilines is 1. The Labute approximate surface area is 119 Å². The molecule has 2 heterocycles. The number of rotatable bonds is 2. The van der Waals surface area contributed by atoms with Crippen LogP contribution in [0.25, 0.3) is 0 Å². The second-order valence-corrected chi connectivity index (χ2v) is 6.25. The predicted octanol–water partition coefficient (Wildman–Crippen LogP) is 3.33. The molecule has 0 bridgehead atoms. The lowest BCUT2D eigenvalue weighted by Gasteiger charge is -2.45. The van der Waals surface area contributed by atoms with Crippen LogP contribution in [-0.2, 0) is 0 Å². The summed E-state index contributed by atoms with van der Waals surface area (Å²) in [6, 6.07) is 3.48. The van der Waals surface area contributed by atoms with Crippen LogP contribution in [0.4, 0.5) is 5.69 Å². The highest BCUT2D eigenvalue weighted by atomic mass is 16.4. The fourth-order valence-corrected chi connectivity index (χ4v) is 3.74. The fourth-order valence-electron chi connectivity index (χ4n) is 3.74. The van der Waals surface area contributed by atoms with E-state index in [-0.39, 0.29) is 5.69 Å². The van der Waals surface area contributed by atoms with Gasteiger partial charge >= 0.3 is 5.97 Å². The molecule has 3 rings (SSSR count). The second-order valence-electron chi connectivity index (χ2n) is 6.25. The van der Waals surface area contributed by atoms with Crippen LogP contribution < -0.4 is 4.90 Å². The van der Waals surface area contributed by atoms with Crippen LogP contribution in [0.3, 0.4) is 0 Å². The standard InChI is InChI=1S/C16H22N2O2/c19-15(20)14-5-4-13(12-17-14)18-10-8-16(9-11-18)6-2-1-3-7-16/h4-5,12H,1-3,6-11H2,(H,19,20). The molecule has 0 amide bonds. The van der Waals surface area contributed by atoms with E-state index >= 15 is 0 Å². The quantitative estimate of drug-likeness (QED) is 0.898. The smallest absolute Gasteiger partial charge is 0.354 e. The third kappa shape index (κ3) is 2.65. The molecule has 1 aromatic heterocycles. The number of pyridine rings is 1. The monoisotopic (exact) mass is 274 g/mol. The van der Waals surface area contributed by atoms with Gasteiger partial charge in [0.15, 0.2) is 0 Å². The van der Waals surface area contributed by atoms with Gasteiger partial charge in [0.1, 0.15) is 5.69 Å². The molecule has 0 unspecified atom stereocenters. The molecule has 0 radical (unpaired) electrons. The highest BCUT2D eigenvalue weighted by Gasteiger charge is 2.35. The summed E-state index contributed by atoms with van der Waals surface area (Å²) in [7, 11) is 0. The van der Waals surface area contributed by atoms with Gasteiger partial charge in [-0.2, -0.15) is 0 Å². The molecule has 0 aromatic carbocycles. The highest BCUT2D eigenvalue weighted by molar-refractivity contribution is 5.85. The minimum atomic E-state index is -0.962. The largest absolute Gasteiger partial charge is 0.477 e. The van der Waals surface area contributed by atoms with Gasteiger partial charge in [-0.25, -0.2) is 9.78 Å². The summed E-state index contributed by atoms with van der Waals surface area (Å²) < 4.78 is 0. The van der Waals surface area contributed by atoms with Crippen LogP contribution in [-0.4, -0.2) is 29.1 Å². The van der Waals surface area contributed by atoms with Crippen molar-refractivity contribution in [3.8, 4) is 0 Å². The molecule has 1 aliphatic carbocycles. The zero-order valence-corrected chi connectivity index (χ0v) is 11.8. The molecule has 4 nitrogen and oxygen atoms in total. The van der Waals surface area contributed by atoms with Crippen molar-refractivity contribution in [1.29, 1.82) is 0 Å². The van der Waals surface area contributed by atoms with Crippen LogP contribution >= 0.6 is 0 Å². The Morgan fingerprint density at radius 3 is 2.35 bits per heavy atom. The number of carbonyl (C=O) groups is 1. The molecular formula is C16H22N2O2. The maximum absolute atomic E-state index is 10.8. The van der Waals surface area contributed by atoms with Crippen molar-refractivity contribution >= 4 is 11.7 Å². The summed E-state index contributed by atoms with van der Waals surface area (Å²) in [6.07, 6.45) is 11.2. The summed E-state index contributed by atoms with van der Waals surface area (Å²) in [4.78, 5) is 17.2. The molecule has 108 valence electrons. The summed E-state index contributed by atoms with van der Waals surface area (Å²) in [5.41, 5.74) is 1.78. The van der Waals surface area contributed by atoms with E-state index < -0.39 is 5.97 Å². The molecule has 1 spiro atoms. The van der Waals surface area contributed by atoms with E-state index in [0.29, 0.717) is 5.41 Å². The molecule has 1 saturated heterocycles. The van der Waals surface area contributed by atoms with E-state index in [1.54, 1.807) is 12.3 Å². The first-order valence-electron chi connectivity index (χ1n) is 7.63. The van der Waals surface area contributed by atoms with Crippen molar-refractivity contribution in [2.45, 2.75) is 44.9 Å². The number of piperidine rings is 1. The molecule has 2 aliphatic rings. The number of hydrogen-bond acceptors (Lipinski definition) is 3. The van der Waals surface area contributed by atoms with Crippen molar-refractivity contribution < 1.29 is 9.90 Å². The summed E-state index contributed by atoms with van der Waals surface area (Å²) in [6.45, 7) is 2.15. The van der Waals surface area contributed by atoms with Gasteiger partial charge in [0.05, 0.1) is 11.9 Å². The number of carboxylic acids is 1. The number of aromatic carboxylic acids is 1. The van der Waals surface area contributed by atoms with E-state index in [0.717, 1.165) is 18.8 Å². The van der Waals surface area contributed by atoms with E-state index in [2.05, 4.69) is 9.88 Å². The summed E-state index contributed by atoms with van der Waals surface area (Å²) in [5.74, 6) is -0.962. The average Bonchev–Trinajstić information content (AvgIpc) is 2.49. The van der Waals surface area contributed by atoms with Crippen molar-refractivity contribution in [1.82, 2.24) is 4.98 Å². The molecule has 1 saturated carbocycles. The summed E-state index contributed by atoms with van der Waals surface area (Å²) in [5, 5.41) is 8.88. The molecule has 4 heteroatoms. The zero-order valence-electron chi connectivity index (χ0n) is 11.8. The van der Waals surface area contributed by atoms with Crippen molar-refractivity contribution in [3.63, 3.8) is 0 Å².